The minimum absolute atomic E-state index is 0.323. The minimum atomic E-state index is -1.21. The van der Waals surface area contributed by atoms with E-state index < -0.39 is 6.04 Å². The summed E-state index contributed by atoms with van der Waals surface area (Å²) in [6, 6.07) is -1.21. The first kappa shape index (κ1) is 12.4. The molecule has 0 radical (unpaired) electrons. The van der Waals surface area contributed by atoms with Crippen LogP contribution in [0.3, 0.4) is 0 Å². The molecule has 1 aliphatic carbocycles. The third-order valence-corrected chi connectivity index (χ3v) is 8.05. The van der Waals surface area contributed by atoms with Crippen molar-refractivity contribution in [2.24, 2.45) is 0 Å². The van der Waals surface area contributed by atoms with Gasteiger partial charge in [0.2, 0.25) is 0 Å². The van der Waals surface area contributed by atoms with Crippen LogP contribution in [-0.4, -0.2) is 28.7 Å². The van der Waals surface area contributed by atoms with Gasteiger partial charge < -0.3 is 0 Å². The van der Waals surface area contributed by atoms with Crippen LogP contribution >= 0.6 is 17.8 Å². The Hall–Kier alpha value is 0.960. The second-order valence-corrected chi connectivity index (χ2v) is 14.1. The summed E-state index contributed by atoms with van der Waals surface area (Å²) >= 11 is 7.91. The SMILES string of the molecule is CC1(C)SC2(CCCC2)NC1P(C)(C)=S. The normalized spacial score (nSPS) is 33.7. The highest BCUT2D eigenvalue weighted by atomic mass is 32.4. The summed E-state index contributed by atoms with van der Waals surface area (Å²) < 4.78 is 0.323. The predicted molar refractivity (Wildman–Crippen MR) is 75.9 cm³/mol. The smallest absolute Gasteiger partial charge is 0.0656 e. The van der Waals surface area contributed by atoms with Crippen molar-refractivity contribution >= 4 is 29.6 Å². The Morgan fingerprint density at radius 2 is 1.80 bits per heavy atom. The maximum absolute atomic E-state index is 5.75. The molecule has 2 rings (SSSR count). The van der Waals surface area contributed by atoms with Gasteiger partial charge in [0, 0.05) is 4.75 Å². The lowest BCUT2D eigenvalue weighted by atomic mass is 10.2. The van der Waals surface area contributed by atoms with Gasteiger partial charge in [-0.1, -0.05) is 24.6 Å². The van der Waals surface area contributed by atoms with Gasteiger partial charge in [0.1, 0.15) is 0 Å². The number of rotatable bonds is 1. The zero-order valence-corrected chi connectivity index (χ0v) is 12.7. The molecule has 1 nitrogen and oxygen atoms in total. The minimum Gasteiger partial charge on any atom is -0.294 e. The van der Waals surface area contributed by atoms with Crippen molar-refractivity contribution in [1.29, 1.82) is 0 Å². The molecule has 1 saturated heterocycles. The Kier molecular flexibility index (Phi) is 3.09. The van der Waals surface area contributed by atoms with E-state index in [1.165, 1.54) is 25.7 Å². The van der Waals surface area contributed by atoms with Gasteiger partial charge in [-0.2, -0.15) is 0 Å². The van der Waals surface area contributed by atoms with Crippen molar-refractivity contribution in [1.82, 2.24) is 5.32 Å². The van der Waals surface area contributed by atoms with Crippen molar-refractivity contribution in [2.75, 3.05) is 13.3 Å². The lowest BCUT2D eigenvalue weighted by molar-refractivity contribution is 0.469. The van der Waals surface area contributed by atoms with Gasteiger partial charge in [0.05, 0.1) is 10.7 Å². The van der Waals surface area contributed by atoms with Crippen molar-refractivity contribution < 1.29 is 0 Å². The van der Waals surface area contributed by atoms with E-state index in [0.717, 1.165) is 0 Å². The van der Waals surface area contributed by atoms with Crippen molar-refractivity contribution in [2.45, 2.75) is 54.9 Å². The van der Waals surface area contributed by atoms with Crippen LogP contribution in [0.2, 0.25) is 0 Å². The molecule has 1 aliphatic heterocycles. The van der Waals surface area contributed by atoms with E-state index in [0.29, 0.717) is 15.4 Å². The highest BCUT2D eigenvalue weighted by Gasteiger charge is 2.53. The number of thioether (sulfide) groups is 1. The summed E-state index contributed by atoms with van der Waals surface area (Å²) in [6.07, 6.45) is 5.46. The third kappa shape index (κ3) is 2.31. The number of hydrogen-bond acceptors (Lipinski definition) is 3. The molecule has 0 aromatic rings. The lowest BCUT2D eigenvalue weighted by Gasteiger charge is -2.31. The van der Waals surface area contributed by atoms with Crippen molar-refractivity contribution in [3.05, 3.63) is 0 Å². The Labute approximate surface area is 103 Å². The molecule has 0 aromatic carbocycles. The van der Waals surface area contributed by atoms with Gasteiger partial charge in [0.15, 0.2) is 0 Å². The molecule has 1 N–H and O–H groups in total. The molecule has 1 spiro atoms. The summed E-state index contributed by atoms with van der Waals surface area (Å²) in [5.41, 5.74) is 0. The summed E-state index contributed by atoms with van der Waals surface area (Å²) in [7, 11) is 0. The number of hydrogen-bond donors (Lipinski definition) is 1. The molecule has 88 valence electrons. The molecule has 2 aliphatic rings. The summed E-state index contributed by atoms with van der Waals surface area (Å²) in [5.74, 6) is 0.558. The summed E-state index contributed by atoms with van der Waals surface area (Å²) in [6.45, 7) is 9.32. The Morgan fingerprint density at radius 1 is 1.27 bits per heavy atom. The number of nitrogens with one attached hydrogen (secondary N) is 1. The fourth-order valence-corrected chi connectivity index (χ4v) is 9.20. The van der Waals surface area contributed by atoms with E-state index in [1.807, 2.05) is 0 Å². The standard InChI is InChI=1S/C11H22NPS2/c1-10(2)9(13(3,4)14)12-11(15-10)7-5-6-8-11/h9,12H,5-8H2,1-4H3. The Bertz CT molecular complexity index is 302. The van der Waals surface area contributed by atoms with Crippen LogP contribution in [0.5, 0.6) is 0 Å². The highest BCUT2D eigenvalue weighted by Crippen LogP contribution is 2.61. The molecule has 1 unspecified atom stereocenters. The van der Waals surface area contributed by atoms with Crippen LogP contribution in [-0.2, 0) is 11.8 Å². The summed E-state index contributed by atoms with van der Waals surface area (Å²) in [4.78, 5) is 0.379. The second-order valence-electron chi connectivity index (χ2n) is 5.89. The zero-order chi connectivity index (χ0) is 11.3. The van der Waals surface area contributed by atoms with E-state index in [1.54, 1.807) is 0 Å². The fourth-order valence-electron chi connectivity index (χ4n) is 3.11. The summed E-state index contributed by atoms with van der Waals surface area (Å²) in [5, 5.41) is 3.90. The van der Waals surface area contributed by atoms with Crippen LogP contribution in [0.25, 0.3) is 0 Å². The van der Waals surface area contributed by atoms with Gasteiger partial charge in [-0.05, 0) is 46.1 Å². The topological polar surface area (TPSA) is 12.0 Å². The van der Waals surface area contributed by atoms with E-state index >= 15 is 0 Å². The maximum atomic E-state index is 5.75. The molecule has 0 aromatic heterocycles. The molecule has 1 atom stereocenters. The zero-order valence-electron chi connectivity index (χ0n) is 10.2. The van der Waals surface area contributed by atoms with E-state index in [2.05, 4.69) is 44.3 Å². The van der Waals surface area contributed by atoms with Gasteiger partial charge in [-0.25, -0.2) is 0 Å². The predicted octanol–water partition coefficient (Wildman–Crippen LogP) is 3.44. The Morgan fingerprint density at radius 3 is 2.20 bits per heavy atom. The maximum Gasteiger partial charge on any atom is 0.0656 e. The largest absolute Gasteiger partial charge is 0.294 e. The first-order valence-electron chi connectivity index (χ1n) is 5.78. The molecular formula is C11H22NPS2. The Balaban J connectivity index is 2.25. The average Bonchev–Trinajstić information content (AvgIpc) is 2.56. The average molecular weight is 263 g/mol. The molecule has 1 heterocycles. The first-order valence-corrected chi connectivity index (χ1v) is 10.4. The molecule has 0 bridgehead atoms. The quantitative estimate of drug-likeness (QED) is 0.728. The molecule has 2 fully saturated rings. The van der Waals surface area contributed by atoms with E-state index in [4.69, 9.17) is 11.8 Å². The van der Waals surface area contributed by atoms with Crippen LogP contribution in [0, 0.1) is 0 Å². The third-order valence-electron chi connectivity index (χ3n) is 3.55. The van der Waals surface area contributed by atoms with Crippen molar-refractivity contribution in [3.63, 3.8) is 0 Å². The molecule has 0 amide bonds. The van der Waals surface area contributed by atoms with Gasteiger partial charge >= 0.3 is 0 Å². The van der Waals surface area contributed by atoms with E-state index in [-0.39, 0.29) is 0 Å². The van der Waals surface area contributed by atoms with Gasteiger partial charge in [0.25, 0.3) is 0 Å². The van der Waals surface area contributed by atoms with Crippen LogP contribution in [0.1, 0.15) is 39.5 Å². The molecule has 4 heteroatoms. The highest BCUT2D eigenvalue weighted by molar-refractivity contribution is 8.15. The fraction of sp³-hybridized carbons (Fsp3) is 1.00. The molecular weight excluding hydrogens is 241 g/mol. The lowest BCUT2D eigenvalue weighted by Crippen LogP contribution is -2.42. The first-order chi connectivity index (χ1) is 6.75. The van der Waals surface area contributed by atoms with Crippen LogP contribution in [0.15, 0.2) is 0 Å². The monoisotopic (exact) mass is 263 g/mol. The van der Waals surface area contributed by atoms with Crippen molar-refractivity contribution in [3.8, 4) is 0 Å². The van der Waals surface area contributed by atoms with Gasteiger partial charge in [-0.15, -0.1) is 11.8 Å². The van der Waals surface area contributed by atoms with E-state index in [9.17, 15) is 0 Å². The van der Waals surface area contributed by atoms with Gasteiger partial charge in [-0.3, -0.25) is 5.32 Å². The second kappa shape index (κ2) is 3.73. The molecule has 1 saturated carbocycles. The molecule has 15 heavy (non-hydrogen) atoms. The van der Waals surface area contributed by atoms with Crippen LogP contribution in [0.4, 0.5) is 0 Å². The van der Waals surface area contributed by atoms with Crippen LogP contribution < -0.4 is 5.32 Å².